The van der Waals surface area contributed by atoms with Gasteiger partial charge in [0.1, 0.15) is 5.41 Å². The van der Waals surface area contributed by atoms with Crippen LogP contribution in [0, 0.1) is 28.6 Å². The molecule has 4 nitrogen and oxygen atoms in total. The summed E-state index contributed by atoms with van der Waals surface area (Å²) in [5, 5.41) is 21.4. The Balaban J connectivity index is 1.86. The molecule has 2 rings (SSSR count). The number of aliphatic hydroxyl groups excluding tert-OH is 1. The predicted molar refractivity (Wildman–Crippen MR) is 67.4 cm³/mol. The zero-order valence-electron chi connectivity index (χ0n) is 10.8. The number of aliphatic hydroxyl groups is 1. The normalized spacial score (nSPS) is 30.0. The minimum atomic E-state index is -0.771. The van der Waals surface area contributed by atoms with Crippen molar-refractivity contribution < 1.29 is 9.90 Å². The minimum Gasteiger partial charge on any atom is -0.396 e. The van der Waals surface area contributed by atoms with E-state index in [1.807, 2.05) is 0 Å². The van der Waals surface area contributed by atoms with Crippen molar-refractivity contribution in [3.63, 3.8) is 0 Å². The quantitative estimate of drug-likeness (QED) is 0.796. The molecule has 0 aromatic rings. The van der Waals surface area contributed by atoms with Gasteiger partial charge in [-0.1, -0.05) is 19.3 Å². The first-order valence-corrected chi connectivity index (χ1v) is 7.02. The fourth-order valence-electron chi connectivity index (χ4n) is 3.38. The van der Waals surface area contributed by atoms with Crippen LogP contribution in [-0.2, 0) is 4.79 Å². The summed E-state index contributed by atoms with van der Waals surface area (Å²) in [7, 11) is 0. The zero-order chi connectivity index (χ0) is 13.0. The van der Waals surface area contributed by atoms with E-state index in [9.17, 15) is 15.2 Å². The molecule has 0 aliphatic heterocycles. The van der Waals surface area contributed by atoms with E-state index in [2.05, 4.69) is 11.4 Å². The molecule has 0 bridgehead atoms. The standard InChI is InChI=1S/C14H22N2O2/c15-10-14(6-1-2-7-14)13(18)16-8-11-4-3-5-12(11)9-17/h11-12,17H,1-9H2,(H,16,18). The van der Waals surface area contributed by atoms with Crippen LogP contribution in [0.3, 0.4) is 0 Å². The predicted octanol–water partition coefficient (Wildman–Crippen LogP) is 1.60. The van der Waals surface area contributed by atoms with Gasteiger partial charge < -0.3 is 10.4 Å². The van der Waals surface area contributed by atoms with Crippen LogP contribution in [-0.4, -0.2) is 24.2 Å². The van der Waals surface area contributed by atoms with Crippen molar-refractivity contribution in [2.24, 2.45) is 17.3 Å². The van der Waals surface area contributed by atoms with E-state index in [1.165, 1.54) is 0 Å². The molecule has 2 unspecified atom stereocenters. The maximum absolute atomic E-state index is 12.2. The monoisotopic (exact) mass is 250 g/mol. The lowest BCUT2D eigenvalue weighted by molar-refractivity contribution is -0.128. The van der Waals surface area contributed by atoms with Gasteiger partial charge in [-0.2, -0.15) is 5.26 Å². The zero-order valence-corrected chi connectivity index (χ0v) is 10.8. The van der Waals surface area contributed by atoms with Crippen molar-refractivity contribution in [3.05, 3.63) is 0 Å². The maximum Gasteiger partial charge on any atom is 0.240 e. The van der Waals surface area contributed by atoms with Crippen LogP contribution in [0.1, 0.15) is 44.9 Å². The van der Waals surface area contributed by atoms with E-state index < -0.39 is 5.41 Å². The van der Waals surface area contributed by atoms with Gasteiger partial charge in [0.15, 0.2) is 0 Å². The molecule has 2 N–H and O–H groups in total. The summed E-state index contributed by atoms with van der Waals surface area (Å²) in [6, 6.07) is 2.22. The summed E-state index contributed by atoms with van der Waals surface area (Å²) in [4.78, 5) is 12.2. The topological polar surface area (TPSA) is 73.1 Å². The highest BCUT2D eigenvalue weighted by Crippen LogP contribution is 2.38. The van der Waals surface area contributed by atoms with Crippen LogP contribution >= 0.6 is 0 Å². The summed E-state index contributed by atoms with van der Waals surface area (Å²) in [5.74, 6) is 0.620. The molecule has 0 radical (unpaired) electrons. The number of amides is 1. The van der Waals surface area contributed by atoms with E-state index in [4.69, 9.17) is 0 Å². The summed E-state index contributed by atoms with van der Waals surface area (Å²) in [5.41, 5.74) is -0.771. The molecule has 0 saturated heterocycles. The molecule has 1 amide bonds. The van der Waals surface area contributed by atoms with Crippen LogP contribution in [0.25, 0.3) is 0 Å². The minimum absolute atomic E-state index is 0.0916. The van der Waals surface area contributed by atoms with Gasteiger partial charge >= 0.3 is 0 Å². The average Bonchev–Trinajstić information content (AvgIpc) is 3.05. The van der Waals surface area contributed by atoms with Crippen molar-refractivity contribution in [2.45, 2.75) is 44.9 Å². The maximum atomic E-state index is 12.2. The van der Waals surface area contributed by atoms with Gasteiger partial charge in [-0.05, 0) is 37.5 Å². The van der Waals surface area contributed by atoms with Gasteiger partial charge in [0.2, 0.25) is 5.91 Å². The molecular weight excluding hydrogens is 228 g/mol. The van der Waals surface area contributed by atoms with E-state index in [-0.39, 0.29) is 12.5 Å². The van der Waals surface area contributed by atoms with Gasteiger partial charge in [0.25, 0.3) is 0 Å². The Morgan fingerprint density at radius 3 is 2.56 bits per heavy atom. The molecule has 2 fully saturated rings. The average molecular weight is 250 g/mol. The highest BCUT2D eigenvalue weighted by atomic mass is 16.3. The Morgan fingerprint density at radius 1 is 1.28 bits per heavy atom. The Bertz CT molecular complexity index is 342. The number of carbonyl (C=O) groups is 1. The Kier molecular flexibility index (Phi) is 4.23. The Morgan fingerprint density at radius 2 is 1.94 bits per heavy atom. The number of carbonyl (C=O) groups excluding carboxylic acids is 1. The lowest BCUT2D eigenvalue weighted by Crippen LogP contribution is -2.41. The van der Waals surface area contributed by atoms with Gasteiger partial charge in [-0.3, -0.25) is 4.79 Å². The highest BCUT2D eigenvalue weighted by molar-refractivity contribution is 5.85. The van der Waals surface area contributed by atoms with Gasteiger partial charge in [-0.25, -0.2) is 0 Å². The molecule has 0 aromatic carbocycles. The van der Waals surface area contributed by atoms with Crippen LogP contribution in [0.15, 0.2) is 0 Å². The fraction of sp³-hybridized carbons (Fsp3) is 0.857. The van der Waals surface area contributed by atoms with Crippen LogP contribution in [0.2, 0.25) is 0 Å². The third-order valence-electron chi connectivity index (χ3n) is 4.68. The first-order valence-electron chi connectivity index (χ1n) is 7.02. The first kappa shape index (κ1) is 13.4. The smallest absolute Gasteiger partial charge is 0.240 e. The summed E-state index contributed by atoms with van der Waals surface area (Å²) < 4.78 is 0. The molecule has 0 heterocycles. The van der Waals surface area contributed by atoms with Gasteiger partial charge in [0.05, 0.1) is 6.07 Å². The van der Waals surface area contributed by atoms with E-state index >= 15 is 0 Å². The molecule has 18 heavy (non-hydrogen) atoms. The summed E-state index contributed by atoms with van der Waals surface area (Å²) >= 11 is 0. The second-order valence-electron chi connectivity index (χ2n) is 5.74. The molecule has 4 heteroatoms. The van der Waals surface area contributed by atoms with E-state index in [0.717, 1.165) is 32.1 Å². The molecule has 2 atom stereocenters. The Labute approximate surface area is 108 Å². The number of hydrogen-bond donors (Lipinski definition) is 2. The number of nitrogens with zero attached hydrogens (tertiary/aromatic N) is 1. The second kappa shape index (κ2) is 5.71. The molecule has 100 valence electrons. The van der Waals surface area contributed by atoms with Crippen molar-refractivity contribution in [2.75, 3.05) is 13.2 Å². The molecule has 2 aliphatic carbocycles. The Hall–Kier alpha value is -1.08. The van der Waals surface area contributed by atoms with E-state index in [1.54, 1.807) is 0 Å². The highest BCUT2D eigenvalue weighted by Gasteiger charge is 2.41. The largest absolute Gasteiger partial charge is 0.396 e. The lowest BCUT2D eigenvalue weighted by atomic mass is 9.86. The third kappa shape index (κ3) is 2.51. The van der Waals surface area contributed by atoms with Crippen molar-refractivity contribution in [1.82, 2.24) is 5.32 Å². The second-order valence-corrected chi connectivity index (χ2v) is 5.74. The molecule has 2 aliphatic rings. The van der Waals surface area contributed by atoms with E-state index in [0.29, 0.717) is 31.2 Å². The van der Waals surface area contributed by atoms with Crippen molar-refractivity contribution in [3.8, 4) is 6.07 Å². The molecule has 0 spiro atoms. The van der Waals surface area contributed by atoms with Crippen LogP contribution in [0.5, 0.6) is 0 Å². The van der Waals surface area contributed by atoms with Crippen LogP contribution in [0.4, 0.5) is 0 Å². The molecular formula is C14H22N2O2. The number of nitrogens with one attached hydrogen (secondary N) is 1. The van der Waals surface area contributed by atoms with Crippen LogP contribution < -0.4 is 5.32 Å². The molecule has 2 saturated carbocycles. The number of hydrogen-bond acceptors (Lipinski definition) is 3. The first-order chi connectivity index (χ1) is 8.72. The summed E-state index contributed by atoms with van der Waals surface area (Å²) in [6.07, 6.45) is 6.61. The third-order valence-corrected chi connectivity index (χ3v) is 4.68. The van der Waals surface area contributed by atoms with Gasteiger partial charge in [0, 0.05) is 13.2 Å². The van der Waals surface area contributed by atoms with Crippen molar-refractivity contribution in [1.29, 1.82) is 5.26 Å². The number of nitriles is 1. The molecule has 0 aromatic heterocycles. The summed E-state index contributed by atoms with van der Waals surface area (Å²) in [6.45, 7) is 0.831. The SMILES string of the molecule is N#CC1(C(=O)NCC2CCCC2CO)CCCC1. The van der Waals surface area contributed by atoms with Crippen molar-refractivity contribution >= 4 is 5.91 Å². The van der Waals surface area contributed by atoms with Gasteiger partial charge in [-0.15, -0.1) is 0 Å². The number of rotatable bonds is 4. The lowest BCUT2D eigenvalue weighted by Gasteiger charge is -2.23. The fourth-order valence-corrected chi connectivity index (χ4v) is 3.38.